The molecule has 2 aromatic rings. The van der Waals surface area contributed by atoms with Gasteiger partial charge in [0.25, 0.3) is 0 Å². The van der Waals surface area contributed by atoms with Crippen molar-refractivity contribution in [2.75, 3.05) is 0 Å². The maximum Gasteiger partial charge on any atom is 0.126 e. The van der Waals surface area contributed by atoms with E-state index in [0.29, 0.717) is 20.6 Å². The Hall–Kier alpha value is -0.970. The highest BCUT2D eigenvalue weighted by atomic mass is 79.9. The number of benzene rings is 2. The lowest BCUT2D eigenvalue weighted by molar-refractivity contribution is 0.177. The molecule has 100 valence electrons. The highest BCUT2D eigenvalue weighted by molar-refractivity contribution is 9.10. The van der Waals surface area contributed by atoms with Crippen LogP contribution in [0, 0.1) is 11.6 Å². The van der Waals surface area contributed by atoms with E-state index in [1.165, 1.54) is 12.1 Å². The summed E-state index contributed by atoms with van der Waals surface area (Å²) in [6.07, 6.45) is -0.748. The first kappa shape index (κ1) is 14.4. The molecule has 0 fully saturated rings. The summed E-state index contributed by atoms with van der Waals surface area (Å²) in [6, 6.07) is 8.19. The number of hydrogen-bond acceptors (Lipinski definition) is 1. The summed E-state index contributed by atoms with van der Waals surface area (Å²) in [5.41, 5.74) is 1.01. The van der Waals surface area contributed by atoms with E-state index in [-0.39, 0.29) is 6.42 Å². The van der Waals surface area contributed by atoms with E-state index in [4.69, 9.17) is 11.6 Å². The molecule has 0 saturated carbocycles. The molecule has 2 rings (SSSR count). The topological polar surface area (TPSA) is 20.2 Å². The molecule has 2 aromatic carbocycles. The molecule has 0 aromatic heterocycles. The zero-order chi connectivity index (χ0) is 14.0. The molecule has 0 spiro atoms. The predicted molar refractivity (Wildman–Crippen MR) is 74.2 cm³/mol. The van der Waals surface area contributed by atoms with Gasteiger partial charge in [-0.05, 0) is 35.4 Å². The summed E-state index contributed by atoms with van der Waals surface area (Å²) >= 11 is 9.11. The van der Waals surface area contributed by atoms with E-state index in [1.807, 2.05) is 0 Å². The molecule has 0 aliphatic rings. The van der Waals surface area contributed by atoms with Crippen LogP contribution < -0.4 is 0 Å². The van der Waals surface area contributed by atoms with E-state index in [2.05, 4.69) is 15.9 Å². The lowest BCUT2D eigenvalue weighted by atomic mass is 10.0. The Balaban J connectivity index is 2.22. The Labute approximate surface area is 123 Å². The summed E-state index contributed by atoms with van der Waals surface area (Å²) in [7, 11) is 0. The zero-order valence-electron chi connectivity index (χ0n) is 9.71. The predicted octanol–water partition coefficient (Wildman–Crippen LogP) is 4.66. The van der Waals surface area contributed by atoms with Gasteiger partial charge in [0.15, 0.2) is 0 Å². The van der Waals surface area contributed by atoms with Gasteiger partial charge in [0.1, 0.15) is 11.6 Å². The average molecular weight is 348 g/mol. The molecule has 0 amide bonds. The first-order chi connectivity index (χ1) is 8.95. The molecule has 0 radical (unpaired) electrons. The Morgan fingerprint density at radius 3 is 2.32 bits per heavy atom. The lowest BCUT2D eigenvalue weighted by Crippen LogP contribution is -2.03. The van der Waals surface area contributed by atoms with Crippen LogP contribution in [0.25, 0.3) is 0 Å². The van der Waals surface area contributed by atoms with Crippen LogP contribution in [0.1, 0.15) is 17.2 Å². The summed E-state index contributed by atoms with van der Waals surface area (Å²) in [5.74, 6) is -1.31. The third kappa shape index (κ3) is 3.75. The van der Waals surface area contributed by atoms with Crippen molar-refractivity contribution in [3.63, 3.8) is 0 Å². The normalized spacial score (nSPS) is 12.5. The monoisotopic (exact) mass is 346 g/mol. The number of rotatable bonds is 3. The fourth-order valence-corrected chi connectivity index (χ4v) is 2.78. The Kier molecular flexibility index (Phi) is 4.55. The van der Waals surface area contributed by atoms with Crippen molar-refractivity contribution in [3.8, 4) is 0 Å². The van der Waals surface area contributed by atoms with Crippen LogP contribution in [0.4, 0.5) is 8.78 Å². The molecular formula is C14H10BrClF2O. The molecule has 0 saturated heterocycles. The quantitative estimate of drug-likeness (QED) is 0.856. The van der Waals surface area contributed by atoms with Gasteiger partial charge in [0, 0.05) is 22.0 Å². The third-order valence-corrected chi connectivity index (χ3v) is 3.59. The van der Waals surface area contributed by atoms with Crippen molar-refractivity contribution >= 4 is 27.5 Å². The minimum atomic E-state index is -0.868. The molecule has 5 heteroatoms. The van der Waals surface area contributed by atoms with Crippen molar-refractivity contribution in [1.29, 1.82) is 0 Å². The first-order valence-electron chi connectivity index (χ1n) is 5.53. The summed E-state index contributed by atoms with van der Waals surface area (Å²) in [4.78, 5) is 0. The second-order valence-electron chi connectivity index (χ2n) is 4.16. The minimum Gasteiger partial charge on any atom is -0.388 e. The van der Waals surface area contributed by atoms with Crippen molar-refractivity contribution in [2.45, 2.75) is 12.5 Å². The number of aliphatic hydroxyl groups is 1. The Morgan fingerprint density at radius 2 is 1.74 bits per heavy atom. The Bertz CT molecular complexity index is 584. The molecule has 0 bridgehead atoms. The number of aliphatic hydroxyl groups excluding tert-OH is 1. The number of halogens is 4. The molecule has 1 nitrogen and oxygen atoms in total. The average Bonchev–Trinajstić information content (AvgIpc) is 2.26. The minimum absolute atomic E-state index is 0.120. The van der Waals surface area contributed by atoms with Crippen LogP contribution in [0.2, 0.25) is 5.02 Å². The van der Waals surface area contributed by atoms with Gasteiger partial charge in [-0.3, -0.25) is 0 Å². The lowest BCUT2D eigenvalue weighted by Gasteiger charge is -2.13. The second kappa shape index (κ2) is 5.99. The van der Waals surface area contributed by atoms with Gasteiger partial charge in [-0.1, -0.05) is 33.6 Å². The molecule has 0 heterocycles. The van der Waals surface area contributed by atoms with Gasteiger partial charge in [-0.2, -0.15) is 0 Å². The van der Waals surface area contributed by atoms with Crippen molar-refractivity contribution in [2.24, 2.45) is 0 Å². The van der Waals surface area contributed by atoms with Gasteiger partial charge in [-0.25, -0.2) is 8.78 Å². The van der Waals surface area contributed by atoms with Crippen LogP contribution >= 0.6 is 27.5 Å². The summed E-state index contributed by atoms with van der Waals surface area (Å²) < 4.78 is 26.8. The number of hydrogen-bond donors (Lipinski definition) is 1. The third-order valence-electron chi connectivity index (χ3n) is 2.67. The van der Waals surface area contributed by atoms with Gasteiger partial charge in [0.2, 0.25) is 0 Å². The van der Waals surface area contributed by atoms with Crippen LogP contribution in [0.15, 0.2) is 40.9 Å². The highest BCUT2D eigenvalue weighted by Gasteiger charge is 2.13. The SMILES string of the molecule is OC(Cc1cc(F)cc(F)c1)c1ccc(Cl)cc1Br. The second-order valence-corrected chi connectivity index (χ2v) is 5.45. The zero-order valence-corrected chi connectivity index (χ0v) is 12.0. The largest absolute Gasteiger partial charge is 0.388 e. The maximum atomic E-state index is 13.1. The van der Waals surface area contributed by atoms with Crippen LogP contribution in [-0.2, 0) is 6.42 Å². The van der Waals surface area contributed by atoms with Crippen molar-refractivity contribution in [1.82, 2.24) is 0 Å². The molecule has 0 aliphatic heterocycles. The van der Waals surface area contributed by atoms with E-state index in [9.17, 15) is 13.9 Å². The van der Waals surface area contributed by atoms with Crippen LogP contribution in [0.5, 0.6) is 0 Å². The van der Waals surface area contributed by atoms with Crippen molar-refractivity contribution < 1.29 is 13.9 Å². The maximum absolute atomic E-state index is 13.1. The smallest absolute Gasteiger partial charge is 0.126 e. The fourth-order valence-electron chi connectivity index (χ4n) is 1.83. The standard InChI is InChI=1S/C14H10BrClF2O/c15-13-6-9(16)1-2-12(13)14(19)5-8-3-10(17)7-11(18)4-8/h1-4,6-7,14,19H,5H2. The summed E-state index contributed by atoms with van der Waals surface area (Å²) in [5, 5.41) is 10.7. The van der Waals surface area contributed by atoms with Gasteiger partial charge < -0.3 is 5.11 Å². The molecular weight excluding hydrogens is 338 g/mol. The molecule has 1 atom stereocenters. The summed E-state index contributed by atoms with van der Waals surface area (Å²) in [6.45, 7) is 0. The van der Waals surface area contributed by atoms with Gasteiger partial charge in [-0.15, -0.1) is 0 Å². The van der Waals surface area contributed by atoms with E-state index >= 15 is 0 Å². The van der Waals surface area contributed by atoms with E-state index in [1.54, 1.807) is 18.2 Å². The molecule has 0 aliphatic carbocycles. The van der Waals surface area contributed by atoms with E-state index < -0.39 is 17.7 Å². The molecule has 19 heavy (non-hydrogen) atoms. The van der Waals surface area contributed by atoms with Crippen molar-refractivity contribution in [3.05, 3.63) is 68.7 Å². The Morgan fingerprint density at radius 1 is 1.11 bits per heavy atom. The van der Waals surface area contributed by atoms with Crippen LogP contribution in [0.3, 0.4) is 0 Å². The molecule has 1 N–H and O–H groups in total. The highest BCUT2D eigenvalue weighted by Crippen LogP contribution is 2.29. The van der Waals surface area contributed by atoms with E-state index in [0.717, 1.165) is 6.07 Å². The fraction of sp³-hybridized carbons (Fsp3) is 0.143. The first-order valence-corrected chi connectivity index (χ1v) is 6.71. The van der Waals surface area contributed by atoms with Crippen LogP contribution in [-0.4, -0.2) is 5.11 Å². The van der Waals surface area contributed by atoms with Gasteiger partial charge in [0.05, 0.1) is 6.10 Å². The molecule has 1 unspecified atom stereocenters. The van der Waals surface area contributed by atoms with Gasteiger partial charge >= 0.3 is 0 Å².